The Balaban J connectivity index is 2.11. The topological polar surface area (TPSA) is 67.5 Å². The first-order valence-corrected chi connectivity index (χ1v) is 8.33. The second-order valence-electron chi connectivity index (χ2n) is 5.21. The standard InChI is InChI=1S/C17H14ClN3O2S/c1-10-4-3-5-13(14(10)16(22)23)19-17-21(2)20-15(24-17)11-6-8-12(18)9-7-11/h3-9H,1-2H3,(H,22,23)/b19-17+. The number of aromatic carboxylic acids is 1. The average Bonchev–Trinajstić information content (AvgIpc) is 2.88. The number of hydrogen-bond acceptors (Lipinski definition) is 4. The highest BCUT2D eigenvalue weighted by atomic mass is 35.5. The van der Waals surface area contributed by atoms with Gasteiger partial charge in [0.05, 0.1) is 11.3 Å². The summed E-state index contributed by atoms with van der Waals surface area (Å²) in [6.45, 7) is 1.76. The van der Waals surface area contributed by atoms with Gasteiger partial charge in [0.25, 0.3) is 0 Å². The zero-order chi connectivity index (χ0) is 17.3. The fraction of sp³-hybridized carbons (Fsp3) is 0.118. The smallest absolute Gasteiger partial charge is 0.338 e. The first kappa shape index (κ1) is 16.4. The molecule has 0 unspecified atom stereocenters. The minimum atomic E-state index is -0.989. The zero-order valence-electron chi connectivity index (χ0n) is 13.0. The molecule has 1 aromatic heterocycles. The molecule has 2 aromatic carbocycles. The van der Waals surface area contributed by atoms with E-state index in [2.05, 4.69) is 10.1 Å². The number of rotatable bonds is 3. The van der Waals surface area contributed by atoms with Crippen LogP contribution in [-0.4, -0.2) is 20.9 Å². The Morgan fingerprint density at radius 2 is 1.96 bits per heavy atom. The number of carboxylic acid groups (broad SMARTS) is 1. The lowest BCUT2D eigenvalue weighted by atomic mass is 10.1. The first-order chi connectivity index (χ1) is 11.5. The molecule has 0 amide bonds. The molecule has 5 nitrogen and oxygen atoms in total. The van der Waals surface area contributed by atoms with Crippen molar-refractivity contribution in [1.29, 1.82) is 0 Å². The number of halogens is 1. The van der Waals surface area contributed by atoms with Crippen LogP contribution in [0.5, 0.6) is 0 Å². The third kappa shape index (κ3) is 3.25. The molecule has 0 bridgehead atoms. The van der Waals surface area contributed by atoms with Crippen molar-refractivity contribution in [3.63, 3.8) is 0 Å². The molecule has 0 radical (unpaired) electrons. The van der Waals surface area contributed by atoms with Crippen LogP contribution in [0.2, 0.25) is 5.02 Å². The number of carbonyl (C=O) groups is 1. The summed E-state index contributed by atoms with van der Waals surface area (Å²) in [5, 5.41) is 15.3. The quantitative estimate of drug-likeness (QED) is 0.767. The predicted octanol–water partition coefficient (Wildman–Crippen LogP) is 4.04. The molecule has 1 N–H and O–H groups in total. The van der Waals surface area contributed by atoms with Gasteiger partial charge in [-0.15, -0.1) is 0 Å². The number of aryl methyl sites for hydroxylation is 2. The van der Waals surface area contributed by atoms with E-state index in [0.717, 1.165) is 10.6 Å². The Labute approximate surface area is 147 Å². The Hall–Kier alpha value is -2.44. The van der Waals surface area contributed by atoms with Crippen LogP contribution in [0.3, 0.4) is 0 Å². The summed E-state index contributed by atoms with van der Waals surface area (Å²) >= 11 is 7.30. The summed E-state index contributed by atoms with van der Waals surface area (Å²) in [4.78, 5) is 16.6. The van der Waals surface area contributed by atoms with Gasteiger partial charge in [-0.05, 0) is 30.7 Å². The number of nitrogens with zero attached hydrogens (tertiary/aromatic N) is 3. The first-order valence-electron chi connectivity index (χ1n) is 7.13. The number of carboxylic acids is 1. The van der Waals surface area contributed by atoms with Gasteiger partial charge in [-0.3, -0.25) is 0 Å². The molecule has 0 aliphatic carbocycles. The van der Waals surface area contributed by atoms with E-state index >= 15 is 0 Å². The molecule has 7 heteroatoms. The van der Waals surface area contributed by atoms with Crippen molar-refractivity contribution >= 4 is 34.6 Å². The second-order valence-corrected chi connectivity index (χ2v) is 6.60. The molecular formula is C17H14ClN3O2S. The van der Waals surface area contributed by atoms with Gasteiger partial charge in [0.15, 0.2) is 0 Å². The molecule has 0 atom stereocenters. The normalized spacial score (nSPS) is 11.7. The van der Waals surface area contributed by atoms with E-state index in [0.29, 0.717) is 21.1 Å². The third-order valence-corrected chi connectivity index (χ3v) is 4.78. The molecule has 0 spiro atoms. The van der Waals surface area contributed by atoms with Crippen molar-refractivity contribution in [2.75, 3.05) is 0 Å². The maximum atomic E-state index is 11.5. The Morgan fingerprint density at radius 1 is 1.25 bits per heavy atom. The summed E-state index contributed by atoms with van der Waals surface area (Å²) in [5.41, 5.74) is 2.24. The van der Waals surface area contributed by atoms with E-state index in [-0.39, 0.29) is 5.56 Å². The Morgan fingerprint density at radius 3 is 2.62 bits per heavy atom. The Bertz CT molecular complexity index is 974. The number of aromatic nitrogens is 2. The lowest BCUT2D eigenvalue weighted by Crippen LogP contribution is -2.11. The van der Waals surface area contributed by atoms with Crippen molar-refractivity contribution in [3.05, 3.63) is 63.4 Å². The molecule has 122 valence electrons. The number of hydrogen-bond donors (Lipinski definition) is 1. The van der Waals surface area contributed by atoms with Gasteiger partial charge in [-0.25, -0.2) is 14.5 Å². The highest BCUT2D eigenvalue weighted by molar-refractivity contribution is 7.12. The van der Waals surface area contributed by atoms with E-state index < -0.39 is 5.97 Å². The third-order valence-electron chi connectivity index (χ3n) is 3.48. The van der Waals surface area contributed by atoms with Crippen LogP contribution < -0.4 is 4.80 Å². The summed E-state index contributed by atoms with van der Waals surface area (Å²) in [6.07, 6.45) is 0. The SMILES string of the molecule is Cc1cccc(/N=c2/sc(-c3ccc(Cl)cc3)nn2C)c1C(=O)O. The van der Waals surface area contributed by atoms with Crippen molar-refractivity contribution in [3.8, 4) is 10.6 Å². The highest BCUT2D eigenvalue weighted by Gasteiger charge is 2.13. The lowest BCUT2D eigenvalue weighted by molar-refractivity contribution is 0.0697. The fourth-order valence-electron chi connectivity index (χ4n) is 2.28. The average molecular weight is 360 g/mol. The fourth-order valence-corrected chi connectivity index (χ4v) is 3.32. The molecule has 3 aromatic rings. The molecule has 1 heterocycles. The van der Waals surface area contributed by atoms with Crippen LogP contribution in [0.15, 0.2) is 47.5 Å². The molecular weight excluding hydrogens is 346 g/mol. The van der Waals surface area contributed by atoms with Gasteiger partial charge >= 0.3 is 5.97 Å². The van der Waals surface area contributed by atoms with Crippen LogP contribution in [0, 0.1) is 6.92 Å². The molecule has 0 fully saturated rings. The van der Waals surface area contributed by atoms with E-state index in [9.17, 15) is 9.90 Å². The van der Waals surface area contributed by atoms with Gasteiger partial charge in [0.1, 0.15) is 5.01 Å². The molecule has 3 rings (SSSR count). The summed E-state index contributed by atoms with van der Waals surface area (Å²) < 4.78 is 1.64. The largest absolute Gasteiger partial charge is 0.478 e. The van der Waals surface area contributed by atoms with E-state index in [4.69, 9.17) is 11.6 Å². The molecule has 0 saturated carbocycles. The minimum absolute atomic E-state index is 0.207. The Kier molecular flexibility index (Phi) is 4.51. The molecule has 0 aliphatic heterocycles. The monoisotopic (exact) mass is 359 g/mol. The van der Waals surface area contributed by atoms with E-state index in [1.165, 1.54) is 11.3 Å². The van der Waals surface area contributed by atoms with Gasteiger partial charge in [0, 0.05) is 17.6 Å². The van der Waals surface area contributed by atoms with Crippen molar-refractivity contribution in [2.24, 2.45) is 12.0 Å². The summed E-state index contributed by atoms with van der Waals surface area (Å²) in [5.74, 6) is -0.989. The van der Waals surface area contributed by atoms with Crippen LogP contribution >= 0.6 is 22.9 Å². The summed E-state index contributed by atoms with van der Waals surface area (Å²) in [6, 6.07) is 12.6. The summed E-state index contributed by atoms with van der Waals surface area (Å²) in [7, 11) is 1.78. The van der Waals surface area contributed by atoms with E-state index in [1.807, 2.05) is 12.1 Å². The van der Waals surface area contributed by atoms with Gasteiger partial charge in [-0.2, -0.15) is 5.10 Å². The molecule has 24 heavy (non-hydrogen) atoms. The second kappa shape index (κ2) is 6.59. The molecule has 0 aliphatic rings. The van der Waals surface area contributed by atoms with Crippen LogP contribution in [0.4, 0.5) is 5.69 Å². The van der Waals surface area contributed by atoms with Gasteiger partial charge < -0.3 is 5.11 Å². The van der Waals surface area contributed by atoms with Crippen LogP contribution in [-0.2, 0) is 7.05 Å². The maximum absolute atomic E-state index is 11.5. The van der Waals surface area contributed by atoms with Gasteiger partial charge in [0.2, 0.25) is 4.80 Å². The lowest BCUT2D eigenvalue weighted by Gasteiger charge is -2.03. The van der Waals surface area contributed by atoms with Crippen molar-refractivity contribution in [2.45, 2.75) is 6.92 Å². The molecule has 0 saturated heterocycles. The predicted molar refractivity (Wildman–Crippen MR) is 94.9 cm³/mol. The van der Waals surface area contributed by atoms with Crippen LogP contribution in [0.1, 0.15) is 15.9 Å². The zero-order valence-corrected chi connectivity index (χ0v) is 14.6. The van der Waals surface area contributed by atoms with Gasteiger partial charge in [-0.1, -0.05) is 47.2 Å². The van der Waals surface area contributed by atoms with E-state index in [1.54, 1.807) is 49.0 Å². The maximum Gasteiger partial charge on any atom is 0.338 e. The highest BCUT2D eigenvalue weighted by Crippen LogP contribution is 2.24. The van der Waals surface area contributed by atoms with Crippen LogP contribution in [0.25, 0.3) is 10.6 Å². The minimum Gasteiger partial charge on any atom is -0.478 e. The number of benzene rings is 2. The van der Waals surface area contributed by atoms with Crippen molar-refractivity contribution < 1.29 is 9.90 Å². The van der Waals surface area contributed by atoms with Crippen molar-refractivity contribution in [1.82, 2.24) is 9.78 Å².